The van der Waals surface area contributed by atoms with Crippen LogP contribution in [-0.2, 0) is 32.7 Å². The van der Waals surface area contributed by atoms with Crippen molar-refractivity contribution in [1.82, 2.24) is 0 Å². The van der Waals surface area contributed by atoms with E-state index in [1.165, 1.54) is 0 Å². The molecule has 0 saturated heterocycles. The Kier molecular flexibility index (Phi) is 5.80. The van der Waals surface area contributed by atoms with Gasteiger partial charge >= 0.3 is 0 Å². The van der Waals surface area contributed by atoms with Gasteiger partial charge in [-0.2, -0.15) is 24.3 Å². The third-order valence-corrected chi connectivity index (χ3v) is 1.11. The van der Waals surface area contributed by atoms with E-state index in [0.29, 0.717) is 0 Å². The third kappa shape index (κ3) is 4.55. The fourth-order valence-corrected chi connectivity index (χ4v) is 0.749. The van der Waals surface area contributed by atoms with Gasteiger partial charge in [0.05, 0.1) is 0 Å². The quantitative estimate of drug-likeness (QED) is 0.755. The molecule has 0 aliphatic carbocycles. The number of nitrogens with one attached hydrogen (secondary N) is 1. The summed E-state index contributed by atoms with van der Waals surface area (Å²) in [5.41, 5.74) is 1.00. The fourth-order valence-electron chi connectivity index (χ4n) is 0.749. The van der Waals surface area contributed by atoms with Gasteiger partial charge in [-0.25, -0.2) is 0 Å². The van der Waals surface area contributed by atoms with Gasteiger partial charge in [0.25, 0.3) is 0 Å². The Bertz CT molecular complexity index is 184. The minimum absolute atomic E-state index is 0. The van der Waals surface area contributed by atoms with E-state index in [1.54, 1.807) is 0 Å². The van der Waals surface area contributed by atoms with Crippen LogP contribution in [0.5, 0.6) is 0 Å². The molecule has 1 rings (SSSR count). The summed E-state index contributed by atoms with van der Waals surface area (Å²) in [4.78, 5) is 0. The predicted molar refractivity (Wildman–Crippen MR) is 43.7 cm³/mol. The molecule has 1 nitrogen and oxygen atoms in total. The molecule has 0 heterocycles. The third-order valence-electron chi connectivity index (χ3n) is 1.11. The second-order valence-electron chi connectivity index (χ2n) is 2.32. The first kappa shape index (κ1) is 11.1. The largest absolute Gasteiger partial charge is 0.434 e. The molecule has 0 aliphatic heterocycles. The van der Waals surface area contributed by atoms with Gasteiger partial charge in [-0.15, -0.1) is 12.1 Å². The minimum atomic E-state index is 0. The van der Waals surface area contributed by atoms with Gasteiger partial charge in [-0.1, -0.05) is 12.6 Å². The zero-order valence-corrected chi connectivity index (χ0v) is 9.51. The van der Waals surface area contributed by atoms with E-state index in [9.17, 15) is 0 Å². The number of para-hydroxylation sites is 1. The second-order valence-corrected chi connectivity index (χ2v) is 2.32. The van der Waals surface area contributed by atoms with Gasteiger partial charge in [0.15, 0.2) is 0 Å². The van der Waals surface area contributed by atoms with Gasteiger partial charge in [-0.3, -0.25) is 0 Å². The molecule has 2 heteroatoms. The standard InChI is InChI=1S/C9H11N.Y/c1-8(2)10-9-6-4-3-5-7-9;/h3-6,8,10H,1H2,2H3;/q-2;. The Balaban J connectivity index is 0.000001000. The van der Waals surface area contributed by atoms with Crippen molar-refractivity contribution < 1.29 is 32.7 Å². The van der Waals surface area contributed by atoms with E-state index in [0.717, 1.165) is 5.69 Å². The summed E-state index contributed by atoms with van der Waals surface area (Å²) in [6.07, 6.45) is 0. The summed E-state index contributed by atoms with van der Waals surface area (Å²) < 4.78 is 0. The molecule has 57 valence electrons. The van der Waals surface area contributed by atoms with Crippen molar-refractivity contribution in [3.05, 3.63) is 37.3 Å². The van der Waals surface area contributed by atoms with Crippen molar-refractivity contribution in [2.45, 2.75) is 13.0 Å². The Morgan fingerprint density at radius 3 is 2.73 bits per heavy atom. The smallest absolute Gasteiger partial charge is 0 e. The van der Waals surface area contributed by atoms with E-state index in [1.807, 2.05) is 31.2 Å². The topological polar surface area (TPSA) is 12.0 Å². The summed E-state index contributed by atoms with van der Waals surface area (Å²) in [7, 11) is 0. The molecule has 0 aliphatic rings. The van der Waals surface area contributed by atoms with Crippen LogP contribution in [0.3, 0.4) is 0 Å². The molecule has 1 radical (unpaired) electrons. The van der Waals surface area contributed by atoms with Crippen LogP contribution in [0, 0.1) is 13.0 Å². The molecule has 1 N–H and O–H groups in total. The normalized spacial score (nSPS) is 11.5. The van der Waals surface area contributed by atoms with Crippen LogP contribution in [0.2, 0.25) is 0 Å². The summed E-state index contributed by atoms with van der Waals surface area (Å²) in [6.45, 7) is 5.80. The van der Waals surface area contributed by atoms with E-state index >= 15 is 0 Å². The van der Waals surface area contributed by atoms with Crippen molar-refractivity contribution in [3.63, 3.8) is 0 Å². The molecular formula is C9H11NY-2. The van der Waals surface area contributed by atoms with Gasteiger partial charge in [-0.05, 0) is 0 Å². The SMILES string of the molecule is [CH2-]C(C)Nc1[c-]cccc1.[Y]. The molecule has 0 aromatic heterocycles. The molecule has 0 fully saturated rings. The van der Waals surface area contributed by atoms with Gasteiger partial charge in [0, 0.05) is 32.7 Å². The maximum absolute atomic E-state index is 3.80. The molecule has 11 heavy (non-hydrogen) atoms. The van der Waals surface area contributed by atoms with Crippen LogP contribution < -0.4 is 5.32 Å². The molecule has 1 aromatic rings. The Labute approximate surface area is 93.5 Å². The van der Waals surface area contributed by atoms with Crippen LogP contribution in [0.25, 0.3) is 0 Å². The molecule has 1 aromatic carbocycles. The molecule has 0 spiro atoms. The molecule has 0 bridgehead atoms. The summed E-state index contributed by atoms with van der Waals surface area (Å²) >= 11 is 0. The zero-order valence-electron chi connectivity index (χ0n) is 6.67. The van der Waals surface area contributed by atoms with E-state index in [4.69, 9.17) is 0 Å². The number of anilines is 1. The van der Waals surface area contributed by atoms with E-state index in [2.05, 4.69) is 18.3 Å². The van der Waals surface area contributed by atoms with E-state index in [-0.39, 0.29) is 38.8 Å². The zero-order chi connectivity index (χ0) is 7.40. The fraction of sp³-hybridized carbons (Fsp3) is 0.222. The van der Waals surface area contributed by atoms with Crippen molar-refractivity contribution in [2.75, 3.05) is 5.32 Å². The first-order valence-corrected chi connectivity index (χ1v) is 3.35. The minimum Gasteiger partial charge on any atom is -0.434 e. The van der Waals surface area contributed by atoms with Crippen LogP contribution in [-0.4, -0.2) is 6.04 Å². The Hall–Kier alpha value is 0.124. The molecule has 1 atom stereocenters. The summed E-state index contributed by atoms with van der Waals surface area (Å²) in [5.74, 6) is 0. The van der Waals surface area contributed by atoms with Crippen molar-refractivity contribution in [2.24, 2.45) is 0 Å². The average Bonchev–Trinajstić information content (AvgIpc) is 1.88. The first-order valence-electron chi connectivity index (χ1n) is 3.35. The maximum atomic E-state index is 3.80. The number of benzene rings is 1. The molecule has 0 amide bonds. The Morgan fingerprint density at radius 2 is 2.27 bits per heavy atom. The van der Waals surface area contributed by atoms with Crippen molar-refractivity contribution in [3.8, 4) is 0 Å². The Morgan fingerprint density at radius 1 is 1.55 bits per heavy atom. The number of rotatable bonds is 2. The maximum Gasteiger partial charge on any atom is 0 e. The van der Waals surface area contributed by atoms with Gasteiger partial charge < -0.3 is 12.2 Å². The summed E-state index contributed by atoms with van der Waals surface area (Å²) in [6, 6.07) is 11.1. The molecule has 0 saturated carbocycles. The van der Waals surface area contributed by atoms with Crippen LogP contribution in [0.4, 0.5) is 5.69 Å². The van der Waals surface area contributed by atoms with Gasteiger partial charge in [0.1, 0.15) is 0 Å². The number of hydrogen-bond donors (Lipinski definition) is 1. The van der Waals surface area contributed by atoms with E-state index < -0.39 is 0 Å². The van der Waals surface area contributed by atoms with Crippen LogP contribution >= 0.6 is 0 Å². The van der Waals surface area contributed by atoms with Gasteiger partial charge in [0.2, 0.25) is 0 Å². The summed E-state index contributed by atoms with van der Waals surface area (Å²) in [5, 5.41) is 3.14. The van der Waals surface area contributed by atoms with Crippen molar-refractivity contribution in [1.29, 1.82) is 0 Å². The average molecular weight is 222 g/mol. The molecular weight excluding hydrogens is 211 g/mol. The van der Waals surface area contributed by atoms with Crippen molar-refractivity contribution >= 4 is 5.69 Å². The first-order chi connectivity index (χ1) is 4.79. The molecule has 1 unspecified atom stereocenters. The predicted octanol–water partition coefficient (Wildman–Crippen LogP) is 2.12. The number of hydrogen-bond acceptors (Lipinski definition) is 1. The van der Waals surface area contributed by atoms with Crippen LogP contribution in [0.1, 0.15) is 6.92 Å². The van der Waals surface area contributed by atoms with Crippen LogP contribution in [0.15, 0.2) is 24.3 Å². The monoisotopic (exact) mass is 222 g/mol. The second kappa shape index (κ2) is 5.73.